The number of hydrogen-bond donors (Lipinski definition) is 3. The molecule has 0 aromatic rings. The van der Waals surface area contributed by atoms with Crippen LogP contribution >= 0.6 is 0 Å². The molecule has 1 saturated heterocycles. The van der Waals surface area contributed by atoms with E-state index < -0.39 is 5.60 Å². The number of rotatable bonds is 6. The first-order valence-corrected chi connectivity index (χ1v) is 9.34. The van der Waals surface area contributed by atoms with Crippen molar-refractivity contribution in [2.75, 3.05) is 19.8 Å². The van der Waals surface area contributed by atoms with Gasteiger partial charge >= 0.3 is 0 Å². The Morgan fingerprint density at radius 2 is 1.78 bits per heavy atom. The minimum Gasteiger partial charge on any atom is -0.388 e. The zero-order valence-corrected chi connectivity index (χ0v) is 14.8. The van der Waals surface area contributed by atoms with Crippen LogP contribution in [0.4, 0.5) is 0 Å². The van der Waals surface area contributed by atoms with Crippen molar-refractivity contribution in [1.29, 1.82) is 0 Å². The zero-order valence-electron chi connectivity index (χ0n) is 14.8. The first kappa shape index (κ1) is 18.7. The molecule has 3 N–H and O–H groups in total. The third-order valence-electron chi connectivity index (χ3n) is 5.21. The van der Waals surface area contributed by atoms with Gasteiger partial charge in [0.25, 0.3) is 0 Å². The standard InChI is InChI=1S/C18H34N2O3/c1-14(2)16(20-15-7-11-23-12-8-15)17(21)19-13-18(22)9-5-3-4-6-10-18/h14-16,20,22H,3-13H2,1-2H3,(H,19,21)/t16-/m0/s1. The van der Waals surface area contributed by atoms with E-state index in [0.717, 1.165) is 51.7 Å². The lowest BCUT2D eigenvalue weighted by Gasteiger charge is -2.32. The zero-order chi connectivity index (χ0) is 16.7. The average molecular weight is 326 g/mol. The molecule has 23 heavy (non-hydrogen) atoms. The maximum absolute atomic E-state index is 12.6. The van der Waals surface area contributed by atoms with E-state index in [2.05, 4.69) is 24.5 Å². The van der Waals surface area contributed by atoms with Crippen LogP contribution in [-0.2, 0) is 9.53 Å². The highest BCUT2D eigenvalue weighted by Crippen LogP contribution is 2.26. The summed E-state index contributed by atoms with van der Waals surface area (Å²) >= 11 is 0. The summed E-state index contributed by atoms with van der Waals surface area (Å²) in [4.78, 5) is 12.6. The first-order valence-electron chi connectivity index (χ1n) is 9.34. The lowest BCUT2D eigenvalue weighted by Crippen LogP contribution is -2.54. The molecule has 1 atom stereocenters. The van der Waals surface area contributed by atoms with E-state index in [-0.39, 0.29) is 17.9 Å². The van der Waals surface area contributed by atoms with Crippen LogP contribution in [0, 0.1) is 5.92 Å². The molecule has 0 unspecified atom stereocenters. The Balaban J connectivity index is 1.84. The fourth-order valence-electron chi connectivity index (χ4n) is 3.61. The highest BCUT2D eigenvalue weighted by Gasteiger charge is 2.31. The molecular formula is C18H34N2O3. The topological polar surface area (TPSA) is 70.6 Å². The molecule has 0 radical (unpaired) electrons. The van der Waals surface area contributed by atoms with Crippen LogP contribution in [-0.4, -0.2) is 48.5 Å². The third kappa shape index (κ3) is 6.05. The maximum Gasteiger partial charge on any atom is 0.237 e. The van der Waals surface area contributed by atoms with Crippen LogP contribution < -0.4 is 10.6 Å². The van der Waals surface area contributed by atoms with Crippen LogP contribution in [0.2, 0.25) is 0 Å². The van der Waals surface area contributed by atoms with E-state index in [1.165, 1.54) is 12.8 Å². The van der Waals surface area contributed by atoms with E-state index >= 15 is 0 Å². The Kier molecular flexibility index (Phi) is 7.31. The van der Waals surface area contributed by atoms with E-state index in [9.17, 15) is 9.90 Å². The summed E-state index contributed by atoms with van der Waals surface area (Å²) in [6.07, 6.45) is 8.01. The van der Waals surface area contributed by atoms with Crippen molar-refractivity contribution >= 4 is 5.91 Å². The van der Waals surface area contributed by atoms with E-state index in [4.69, 9.17) is 4.74 Å². The molecule has 134 valence electrons. The molecule has 2 fully saturated rings. The quantitative estimate of drug-likeness (QED) is 0.653. The van der Waals surface area contributed by atoms with Crippen molar-refractivity contribution in [3.63, 3.8) is 0 Å². The van der Waals surface area contributed by atoms with Crippen LogP contribution in [0.3, 0.4) is 0 Å². The second kappa shape index (κ2) is 9.00. The van der Waals surface area contributed by atoms with Gasteiger partial charge in [-0.25, -0.2) is 0 Å². The van der Waals surface area contributed by atoms with E-state index in [1.54, 1.807) is 0 Å². The van der Waals surface area contributed by atoms with Gasteiger partial charge in [0.2, 0.25) is 5.91 Å². The van der Waals surface area contributed by atoms with Crippen LogP contribution in [0.25, 0.3) is 0 Å². The van der Waals surface area contributed by atoms with Gasteiger partial charge in [-0.1, -0.05) is 39.5 Å². The molecule has 2 aliphatic rings. The van der Waals surface area contributed by atoms with Crippen LogP contribution in [0.5, 0.6) is 0 Å². The Morgan fingerprint density at radius 1 is 1.17 bits per heavy atom. The first-order chi connectivity index (χ1) is 11.0. The minimum absolute atomic E-state index is 0.0177. The lowest BCUT2D eigenvalue weighted by atomic mass is 9.94. The van der Waals surface area contributed by atoms with E-state index in [0.29, 0.717) is 12.6 Å². The number of aliphatic hydroxyl groups is 1. The Labute approximate surface area is 140 Å². The highest BCUT2D eigenvalue weighted by molar-refractivity contribution is 5.82. The van der Waals surface area contributed by atoms with Gasteiger partial charge in [-0.05, 0) is 31.6 Å². The molecular weight excluding hydrogens is 292 g/mol. The number of carbonyl (C=O) groups is 1. The second-order valence-electron chi connectivity index (χ2n) is 7.63. The Bertz CT molecular complexity index is 359. The minimum atomic E-state index is -0.716. The van der Waals surface area contributed by atoms with Crippen LogP contribution in [0.1, 0.15) is 65.2 Å². The molecule has 1 aliphatic carbocycles. The van der Waals surface area contributed by atoms with Gasteiger partial charge in [0.15, 0.2) is 0 Å². The molecule has 5 nitrogen and oxygen atoms in total. The predicted molar refractivity (Wildman–Crippen MR) is 91.3 cm³/mol. The lowest BCUT2D eigenvalue weighted by molar-refractivity contribution is -0.126. The van der Waals surface area contributed by atoms with Crippen molar-refractivity contribution in [3.8, 4) is 0 Å². The summed E-state index contributed by atoms with van der Waals surface area (Å²) in [5, 5.41) is 17.2. The molecule has 2 rings (SSSR count). The molecule has 1 saturated carbocycles. The Hall–Kier alpha value is -0.650. The summed E-state index contributed by atoms with van der Waals surface area (Å²) < 4.78 is 5.38. The summed E-state index contributed by atoms with van der Waals surface area (Å²) in [6.45, 7) is 6.05. The molecule has 1 heterocycles. The van der Waals surface area contributed by atoms with Crippen LogP contribution in [0.15, 0.2) is 0 Å². The van der Waals surface area contributed by atoms with Crippen molar-refractivity contribution in [1.82, 2.24) is 10.6 Å². The summed E-state index contributed by atoms with van der Waals surface area (Å²) in [5.74, 6) is 0.241. The van der Waals surface area contributed by atoms with Crippen molar-refractivity contribution in [3.05, 3.63) is 0 Å². The van der Waals surface area contributed by atoms with E-state index in [1.807, 2.05) is 0 Å². The van der Waals surface area contributed by atoms with Crippen molar-refractivity contribution < 1.29 is 14.6 Å². The molecule has 1 amide bonds. The average Bonchev–Trinajstić information content (AvgIpc) is 2.76. The number of amides is 1. The molecule has 0 spiro atoms. The monoisotopic (exact) mass is 326 g/mol. The van der Waals surface area contributed by atoms with Gasteiger partial charge in [0.05, 0.1) is 11.6 Å². The number of nitrogens with one attached hydrogen (secondary N) is 2. The molecule has 0 aromatic heterocycles. The maximum atomic E-state index is 12.6. The van der Waals surface area contributed by atoms with Gasteiger partial charge < -0.3 is 20.5 Å². The number of ether oxygens (including phenoxy) is 1. The van der Waals surface area contributed by atoms with Crippen molar-refractivity contribution in [2.45, 2.75) is 82.9 Å². The smallest absolute Gasteiger partial charge is 0.237 e. The van der Waals surface area contributed by atoms with Gasteiger partial charge in [-0.15, -0.1) is 0 Å². The van der Waals surface area contributed by atoms with Gasteiger partial charge in [-0.2, -0.15) is 0 Å². The molecule has 5 heteroatoms. The summed E-state index contributed by atoms with van der Waals surface area (Å²) in [5.41, 5.74) is -0.716. The SMILES string of the molecule is CC(C)[C@H](NC1CCOCC1)C(=O)NCC1(O)CCCCCC1. The fraction of sp³-hybridized carbons (Fsp3) is 0.944. The second-order valence-corrected chi connectivity index (χ2v) is 7.63. The van der Waals surface area contributed by atoms with Gasteiger partial charge in [0.1, 0.15) is 0 Å². The number of carbonyl (C=O) groups excluding carboxylic acids is 1. The number of hydrogen-bond acceptors (Lipinski definition) is 4. The highest BCUT2D eigenvalue weighted by atomic mass is 16.5. The molecule has 1 aliphatic heterocycles. The summed E-state index contributed by atoms with van der Waals surface area (Å²) in [7, 11) is 0. The molecule has 0 bridgehead atoms. The summed E-state index contributed by atoms with van der Waals surface area (Å²) in [6, 6.07) is 0.148. The van der Waals surface area contributed by atoms with Gasteiger partial charge in [0, 0.05) is 25.8 Å². The van der Waals surface area contributed by atoms with Crippen molar-refractivity contribution in [2.24, 2.45) is 5.92 Å². The fourth-order valence-corrected chi connectivity index (χ4v) is 3.61. The molecule has 0 aromatic carbocycles. The normalized spacial score (nSPS) is 24.2. The Morgan fingerprint density at radius 3 is 2.35 bits per heavy atom. The predicted octanol–water partition coefficient (Wildman–Crippen LogP) is 1.98. The van der Waals surface area contributed by atoms with Gasteiger partial charge in [-0.3, -0.25) is 4.79 Å². The third-order valence-corrected chi connectivity index (χ3v) is 5.21. The largest absolute Gasteiger partial charge is 0.388 e.